The van der Waals surface area contributed by atoms with Crippen molar-refractivity contribution >= 4 is 22.6 Å². The van der Waals surface area contributed by atoms with E-state index in [4.69, 9.17) is 14.2 Å². The number of carbonyl (C=O) groups excluding carboxylic acids is 1. The average Bonchev–Trinajstić information content (AvgIpc) is 3.16. The summed E-state index contributed by atoms with van der Waals surface area (Å²) in [6.07, 6.45) is 0.0401. The fraction of sp³-hybridized carbons (Fsp3) is 0.286. The van der Waals surface area contributed by atoms with E-state index in [-0.39, 0.29) is 48.9 Å². The second-order valence-corrected chi connectivity index (χ2v) is 7.84. The van der Waals surface area contributed by atoms with Crippen LogP contribution < -0.4 is 15.0 Å². The minimum atomic E-state index is -1.92. The van der Waals surface area contributed by atoms with Gasteiger partial charge in [-0.05, 0) is 18.6 Å². The van der Waals surface area contributed by atoms with Gasteiger partial charge < -0.3 is 23.9 Å². The molecular weight excluding hydrogens is 422 g/mol. The Balaban J connectivity index is 1.66. The molecule has 3 aromatic rings. The first kappa shape index (κ1) is 18.8. The van der Waals surface area contributed by atoms with Crippen molar-refractivity contribution in [1.82, 2.24) is 9.55 Å². The van der Waals surface area contributed by atoms with Crippen LogP contribution in [0.4, 0.5) is 5.69 Å². The van der Waals surface area contributed by atoms with Gasteiger partial charge in [0.1, 0.15) is 12.4 Å². The van der Waals surface area contributed by atoms with Crippen molar-refractivity contribution in [2.75, 3.05) is 6.79 Å². The Hall–Kier alpha value is -3.99. The van der Waals surface area contributed by atoms with Gasteiger partial charge in [0.2, 0.25) is 12.5 Å². The van der Waals surface area contributed by atoms with E-state index in [0.717, 1.165) is 0 Å². The Bertz CT molecular complexity index is 1460. The lowest BCUT2D eigenvalue weighted by molar-refractivity contribution is -0.386. The van der Waals surface area contributed by atoms with Gasteiger partial charge in [-0.3, -0.25) is 14.9 Å². The van der Waals surface area contributed by atoms with E-state index >= 15 is 0 Å². The molecule has 1 N–H and O–H groups in total. The number of aromatic nitrogens is 2. The zero-order valence-electron chi connectivity index (χ0n) is 16.7. The van der Waals surface area contributed by atoms with Crippen molar-refractivity contribution in [3.63, 3.8) is 0 Å². The molecule has 0 bridgehead atoms. The van der Waals surface area contributed by atoms with Crippen LogP contribution in [0, 0.1) is 10.1 Å². The summed E-state index contributed by atoms with van der Waals surface area (Å²) in [7, 11) is 0. The molecule has 0 saturated heterocycles. The zero-order chi connectivity index (χ0) is 22.4. The molecule has 11 nitrogen and oxygen atoms in total. The Labute approximate surface area is 178 Å². The maximum Gasteiger partial charge on any atom is 0.343 e. The molecule has 0 unspecified atom stereocenters. The summed E-state index contributed by atoms with van der Waals surface area (Å²) in [6.45, 7) is 1.31. The van der Waals surface area contributed by atoms with E-state index in [1.165, 1.54) is 16.7 Å². The van der Waals surface area contributed by atoms with Crippen LogP contribution in [0.2, 0.25) is 0 Å². The molecule has 0 spiro atoms. The number of esters is 1. The number of aliphatic hydroxyl groups is 1. The lowest BCUT2D eigenvalue weighted by atomic mass is 9.86. The highest BCUT2D eigenvalue weighted by molar-refractivity contribution is 5.98. The van der Waals surface area contributed by atoms with Crippen LogP contribution in [0.1, 0.15) is 30.0 Å². The summed E-state index contributed by atoms with van der Waals surface area (Å²) in [4.78, 5) is 41.1. The van der Waals surface area contributed by atoms with E-state index in [1.807, 2.05) is 0 Å². The average molecular weight is 437 g/mol. The standard InChI is InChI=1S/C21H15N3O8/c1-2-21(27)11-5-14-16-9(6-23(14)19(25)10(11)7-30-20(21)26)17-15-12(22-16)3-4-13(24(28)29)18(15)32-8-31-17/h3-5,27H,2,6-8H2,1H3/t21-/m0/s1. The molecule has 3 aliphatic rings. The third-order valence-electron chi connectivity index (χ3n) is 6.34. The lowest BCUT2D eigenvalue weighted by Gasteiger charge is -2.31. The van der Waals surface area contributed by atoms with Gasteiger partial charge in [-0.1, -0.05) is 6.92 Å². The highest BCUT2D eigenvalue weighted by atomic mass is 16.7. The molecule has 32 heavy (non-hydrogen) atoms. The zero-order valence-corrected chi connectivity index (χ0v) is 16.7. The Morgan fingerprint density at radius 1 is 1.22 bits per heavy atom. The highest BCUT2D eigenvalue weighted by Gasteiger charge is 2.45. The molecule has 0 saturated carbocycles. The summed E-state index contributed by atoms with van der Waals surface area (Å²) in [5.74, 6) is -0.353. The van der Waals surface area contributed by atoms with E-state index in [2.05, 4.69) is 4.98 Å². The molecule has 162 valence electrons. The number of pyridine rings is 2. The number of nitro benzene ring substituents is 1. The normalized spacial score (nSPS) is 20.0. The second-order valence-electron chi connectivity index (χ2n) is 7.84. The smallest absolute Gasteiger partial charge is 0.343 e. The number of hydrogen-bond acceptors (Lipinski definition) is 9. The molecule has 0 amide bonds. The van der Waals surface area contributed by atoms with Gasteiger partial charge in [-0.25, -0.2) is 9.78 Å². The largest absolute Gasteiger partial charge is 0.458 e. The van der Waals surface area contributed by atoms with Crippen molar-refractivity contribution in [2.24, 2.45) is 0 Å². The van der Waals surface area contributed by atoms with Crippen molar-refractivity contribution < 1.29 is 29.0 Å². The number of cyclic esters (lactones) is 1. The van der Waals surface area contributed by atoms with Gasteiger partial charge in [-0.15, -0.1) is 0 Å². The van der Waals surface area contributed by atoms with Crippen LogP contribution in [0.5, 0.6) is 11.5 Å². The number of hydrogen-bond donors (Lipinski definition) is 1. The maximum atomic E-state index is 13.3. The summed E-state index contributed by atoms with van der Waals surface area (Å²) in [5, 5.41) is 22.8. The molecule has 0 fully saturated rings. The van der Waals surface area contributed by atoms with E-state index in [9.17, 15) is 24.8 Å². The summed E-state index contributed by atoms with van der Waals surface area (Å²) >= 11 is 0. The van der Waals surface area contributed by atoms with Crippen molar-refractivity contribution in [1.29, 1.82) is 0 Å². The number of fused-ring (bicyclic) bond motifs is 5. The fourth-order valence-electron chi connectivity index (χ4n) is 4.69. The number of nitro groups is 1. The van der Waals surface area contributed by atoms with Gasteiger partial charge in [0, 0.05) is 17.2 Å². The van der Waals surface area contributed by atoms with Crippen molar-refractivity contribution in [3.05, 3.63) is 55.4 Å². The van der Waals surface area contributed by atoms with Crippen LogP contribution >= 0.6 is 0 Å². The molecule has 1 aromatic carbocycles. The van der Waals surface area contributed by atoms with Crippen LogP contribution in [0.3, 0.4) is 0 Å². The summed E-state index contributed by atoms with van der Waals surface area (Å²) in [5.41, 5.74) is -0.232. The number of nitrogens with zero attached hydrogens (tertiary/aromatic N) is 3. The minimum Gasteiger partial charge on any atom is -0.458 e. The molecule has 1 atom stereocenters. The second kappa shape index (κ2) is 6.04. The molecule has 3 aliphatic heterocycles. The SMILES string of the molecule is CC[C@@]1(O)C(=O)OCc2c1cc1n(c2=O)Cc2c-1nc1ccc([N+](=O)[O-])c3c1c2OCO3. The molecule has 0 aliphatic carbocycles. The van der Waals surface area contributed by atoms with Gasteiger partial charge in [0.25, 0.3) is 5.56 Å². The first-order valence-corrected chi connectivity index (χ1v) is 9.92. The molecule has 0 radical (unpaired) electrons. The first-order valence-electron chi connectivity index (χ1n) is 9.92. The monoisotopic (exact) mass is 437 g/mol. The Morgan fingerprint density at radius 2 is 2.00 bits per heavy atom. The Morgan fingerprint density at radius 3 is 2.75 bits per heavy atom. The Kier molecular flexibility index (Phi) is 3.54. The van der Waals surface area contributed by atoms with Gasteiger partial charge in [0.05, 0.1) is 39.3 Å². The van der Waals surface area contributed by atoms with E-state index < -0.39 is 22.1 Å². The van der Waals surface area contributed by atoms with Gasteiger partial charge in [0.15, 0.2) is 5.60 Å². The lowest BCUT2D eigenvalue weighted by Crippen LogP contribution is -2.44. The summed E-state index contributed by atoms with van der Waals surface area (Å²) < 4.78 is 17.7. The van der Waals surface area contributed by atoms with Crippen LogP contribution in [-0.2, 0) is 28.3 Å². The third-order valence-corrected chi connectivity index (χ3v) is 6.34. The van der Waals surface area contributed by atoms with Crippen LogP contribution in [-0.4, -0.2) is 32.3 Å². The topological polar surface area (TPSA) is 143 Å². The predicted molar refractivity (Wildman–Crippen MR) is 107 cm³/mol. The predicted octanol–water partition coefficient (Wildman–Crippen LogP) is 1.72. The van der Waals surface area contributed by atoms with E-state index in [0.29, 0.717) is 33.6 Å². The molecule has 2 aromatic heterocycles. The number of ether oxygens (including phenoxy) is 3. The van der Waals surface area contributed by atoms with Gasteiger partial charge >= 0.3 is 11.7 Å². The maximum absolute atomic E-state index is 13.3. The van der Waals surface area contributed by atoms with Crippen LogP contribution in [0.15, 0.2) is 23.0 Å². The highest BCUT2D eigenvalue weighted by Crippen LogP contribution is 2.48. The molecule has 5 heterocycles. The first-order chi connectivity index (χ1) is 15.3. The quantitative estimate of drug-likeness (QED) is 0.282. The molecule has 11 heteroatoms. The van der Waals surface area contributed by atoms with Gasteiger partial charge in [-0.2, -0.15) is 0 Å². The van der Waals surface area contributed by atoms with Crippen LogP contribution in [0.25, 0.3) is 22.3 Å². The fourth-order valence-corrected chi connectivity index (χ4v) is 4.69. The molecule has 6 rings (SSSR count). The minimum absolute atomic E-state index is 0.0401. The summed E-state index contributed by atoms with van der Waals surface area (Å²) in [6, 6.07) is 4.41. The van der Waals surface area contributed by atoms with E-state index in [1.54, 1.807) is 13.0 Å². The third kappa shape index (κ3) is 2.15. The van der Waals surface area contributed by atoms with Crippen molar-refractivity contribution in [3.8, 4) is 22.9 Å². The van der Waals surface area contributed by atoms with Crippen molar-refractivity contribution in [2.45, 2.75) is 32.1 Å². The number of benzene rings is 1. The number of carbonyl (C=O) groups is 1. The molecular formula is C21H15N3O8. The number of rotatable bonds is 2.